The summed E-state index contributed by atoms with van der Waals surface area (Å²) in [6.45, 7) is 6.92. The Morgan fingerprint density at radius 2 is 2.00 bits per heavy atom. The van der Waals surface area contributed by atoms with Gasteiger partial charge in [0.15, 0.2) is 0 Å². The maximum atomic E-state index is 12.7. The van der Waals surface area contributed by atoms with Crippen LogP contribution in [0.25, 0.3) is 0 Å². The van der Waals surface area contributed by atoms with Crippen molar-refractivity contribution in [2.24, 2.45) is 0 Å². The second kappa shape index (κ2) is 7.36. The smallest absolute Gasteiger partial charge is 0.255 e. The highest BCUT2D eigenvalue weighted by atomic mass is 16.1. The number of aromatic amines is 1. The normalized spacial score (nSPS) is 18.7. The van der Waals surface area contributed by atoms with Gasteiger partial charge in [-0.15, -0.1) is 0 Å². The number of aromatic nitrogens is 2. The highest BCUT2D eigenvalue weighted by Crippen LogP contribution is 2.31. The first-order valence-corrected chi connectivity index (χ1v) is 10.0. The van der Waals surface area contributed by atoms with Crippen LogP contribution in [0.3, 0.4) is 0 Å². The molecule has 0 unspecified atom stereocenters. The van der Waals surface area contributed by atoms with Gasteiger partial charge in [0.2, 0.25) is 0 Å². The summed E-state index contributed by atoms with van der Waals surface area (Å²) in [6.07, 6.45) is 7.05. The van der Waals surface area contributed by atoms with E-state index in [1.165, 1.54) is 48.8 Å². The Morgan fingerprint density at radius 1 is 1.19 bits per heavy atom. The molecule has 0 saturated heterocycles. The lowest BCUT2D eigenvalue weighted by atomic mass is 9.88. The standard InChI is InChI=1S/C22H29N3O/c1-15-7-6-10-18(16(15)2)13-25-12-11-20-19(14-25)22(26)24-21(23-20)17-8-4-3-5-9-17/h6-7,10,17H,3-5,8-9,11-14H2,1-2H3,(H,23,24,26). The van der Waals surface area contributed by atoms with Crippen molar-refractivity contribution in [1.29, 1.82) is 0 Å². The van der Waals surface area contributed by atoms with Crippen molar-refractivity contribution in [3.63, 3.8) is 0 Å². The molecule has 0 amide bonds. The van der Waals surface area contributed by atoms with E-state index in [1.807, 2.05) is 0 Å². The van der Waals surface area contributed by atoms with Gasteiger partial charge in [0, 0.05) is 32.0 Å². The van der Waals surface area contributed by atoms with Crippen LogP contribution in [0.5, 0.6) is 0 Å². The van der Waals surface area contributed by atoms with E-state index in [0.717, 1.165) is 36.6 Å². The Balaban J connectivity index is 1.53. The summed E-state index contributed by atoms with van der Waals surface area (Å²) in [5, 5.41) is 0. The lowest BCUT2D eigenvalue weighted by Gasteiger charge is -2.29. The van der Waals surface area contributed by atoms with E-state index >= 15 is 0 Å². The lowest BCUT2D eigenvalue weighted by molar-refractivity contribution is 0.240. The van der Waals surface area contributed by atoms with Crippen LogP contribution in [-0.4, -0.2) is 21.4 Å². The third-order valence-electron chi connectivity index (χ3n) is 6.27. The molecule has 1 aromatic heterocycles. The van der Waals surface area contributed by atoms with E-state index in [2.05, 4.69) is 41.9 Å². The molecule has 1 aliphatic heterocycles. The van der Waals surface area contributed by atoms with Crippen LogP contribution in [0.15, 0.2) is 23.0 Å². The van der Waals surface area contributed by atoms with Gasteiger partial charge < -0.3 is 4.98 Å². The summed E-state index contributed by atoms with van der Waals surface area (Å²) in [5.74, 6) is 1.39. The average Bonchev–Trinajstić information content (AvgIpc) is 2.66. The molecular weight excluding hydrogens is 322 g/mol. The van der Waals surface area contributed by atoms with Crippen LogP contribution in [-0.2, 0) is 19.5 Å². The number of fused-ring (bicyclic) bond motifs is 1. The molecule has 26 heavy (non-hydrogen) atoms. The molecule has 2 aromatic rings. The molecule has 2 heterocycles. The van der Waals surface area contributed by atoms with Crippen molar-refractivity contribution in [3.05, 3.63) is 62.3 Å². The van der Waals surface area contributed by atoms with Crippen molar-refractivity contribution in [3.8, 4) is 0 Å². The van der Waals surface area contributed by atoms with Crippen LogP contribution >= 0.6 is 0 Å². The fourth-order valence-electron chi connectivity index (χ4n) is 4.43. The Labute approximate surface area is 155 Å². The highest BCUT2D eigenvalue weighted by molar-refractivity contribution is 5.33. The summed E-state index contributed by atoms with van der Waals surface area (Å²) < 4.78 is 0. The second-order valence-corrected chi connectivity index (χ2v) is 8.03. The molecule has 0 bridgehead atoms. The predicted octanol–water partition coefficient (Wildman–Crippen LogP) is 3.99. The third kappa shape index (κ3) is 3.48. The first-order chi connectivity index (χ1) is 12.6. The number of rotatable bonds is 3. The molecule has 4 rings (SSSR count). The van der Waals surface area contributed by atoms with Gasteiger partial charge in [-0.05, 0) is 43.4 Å². The lowest BCUT2D eigenvalue weighted by Crippen LogP contribution is -2.36. The zero-order valence-electron chi connectivity index (χ0n) is 16.0. The maximum Gasteiger partial charge on any atom is 0.255 e. The fraction of sp³-hybridized carbons (Fsp3) is 0.545. The van der Waals surface area contributed by atoms with E-state index in [9.17, 15) is 4.79 Å². The van der Waals surface area contributed by atoms with E-state index in [-0.39, 0.29) is 5.56 Å². The minimum absolute atomic E-state index is 0.0845. The quantitative estimate of drug-likeness (QED) is 0.909. The fourth-order valence-corrected chi connectivity index (χ4v) is 4.43. The van der Waals surface area contributed by atoms with Gasteiger partial charge in [0.25, 0.3) is 5.56 Å². The molecule has 4 heteroatoms. The van der Waals surface area contributed by atoms with Crippen molar-refractivity contribution in [2.45, 2.75) is 71.4 Å². The molecule has 1 aromatic carbocycles. The van der Waals surface area contributed by atoms with Crippen molar-refractivity contribution < 1.29 is 0 Å². The molecule has 0 radical (unpaired) electrons. The first-order valence-electron chi connectivity index (χ1n) is 10.0. The first kappa shape index (κ1) is 17.5. The molecule has 2 aliphatic rings. The summed E-state index contributed by atoms with van der Waals surface area (Å²) in [6, 6.07) is 6.48. The maximum absolute atomic E-state index is 12.7. The minimum Gasteiger partial charge on any atom is -0.310 e. The number of aryl methyl sites for hydroxylation is 1. The average molecular weight is 351 g/mol. The second-order valence-electron chi connectivity index (χ2n) is 8.03. The summed E-state index contributed by atoms with van der Waals surface area (Å²) >= 11 is 0. The predicted molar refractivity (Wildman–Crippen MR) is 104 cm³/mol. The largest absolute Gasteiger partial charge is 0.310 e. The van der Waals surface area contributed by atoms with Gasteiger partial charge in [0.1, 0.15) is 5.82 Å². The van der Waals surface area contributed by atoms with Gasteiger partial charge in [-0.3, -0.25) is 9.69 Å². The van der Waals surface area contributed by atoms with Crippen molar-refractivity contribution in [2.75, 3.05) is 6.54 Å². The number of hydrogen-bond donors (Lipinski definition) is 1. The van der Waals surface area contributed by atoms with Crippen LogP contribution in [0.2, 0.25) is 0 Å². The molecule has 1 N–H and O–H groups in total. The van der Waals surface area contributed by atoms with Crippen molar-refractivity contribution >= 4 is 0 Å². The Morgan fingerprint density at radius 3 is 2.81 bits per heavy atom. The molecule has 138 valence electrons. The van der Waals surface area contributed by atoms with E-state index in [1.54, 1.807) is 0 Å². The van der Waals surface area contributed by atoms with Crippen LogP contribution in [0.4, 0.5) is 0 Å². The van der Waals surface area contributed by atoms with Gasteiger partial charge in [-0.25, -0.2) is 4.98 Å². The van der Waals surface area contributed by atoms with Gasteiger partial charge >= 0.3 is 0 Å². The Bertz CT molecular complexity index is 849. The monoisotopic (exact) mass is 351 g/mol. The number of H-pyrrole nitrogens is 1. The van der Waals surface area contributed by atoms with Crippen molar-refractivity contribution in [1.82, 2.24) is 14.9 Å². The topological polar surface area (TPSA) is 49.0 Å². The van der Waals surface area contributed by atoms with Crippen LogP contribution in [0, 0.1) is 13.8 Å². The third-order valence-corrected chi connectivity index (χ3v) is 6.27. The van der Waals surface area contributed by atoms with E-state index in [0.29, 0.717) is 12.5 Å². The summed E-state index contributed by atoms with van der Waals surface area (Å²) in [4.78, 5) is 23.1. The van der Waals surface area contributed by atoms with E-state index in [4.69, 9.17) is 4.98 Å². The minimum atomic E-state index is 0.0845. The SMILES string of the molecule is Cc1cccc(CN2CCc3nc(C4CCCCC4)[nH]c(=O)c3C2)c1C. The van der Waals surface area contributed by atoms with Gasteiger partial charge in [-0.1, -0.05) is 37.5 Å². The zero-order chi connectivity index (χ0) is 18.1. The molecule has 1 saturated carbocycles. The van der Waals surface area contributed by atoms with Crippen LogP contribution in [0.1, 0.15) is 71.8 Å². The van der Waals surface area contributed by atoms with Gasteiger partial charge in [-0.2, -0.15) is 0 Å². The highest BCUT2D eigenvalue weighted by Gasteiger charge is 2.24. The Hall–Kier alpha value is -1.94. The summed E-state index contributed by atoms with van der Waals surface area (Å²) in [7, 11) is 0. The molecule has 1 aliphatic carbocycles. The number of benzene rings is 1. The molecule has 1 fully saturated rings. The molecule has 0 spiro atoms. The number of nitrogens with zero attached hydrogens (tertiary/aromatic N) is 2. The summed E-state index contributed by atoms with van der Waals surface area (Å²) in [5.41, 5.74) is 6.04. The van der Waals surface area contributed by atoms with Gasteiger partial charge in [0.05, 0.1) is 11.3 Å². The molecule has 0 atom stereocenters. The molecule has 4 nitrogen and oxygen atoms in total. The molecular formula is C22H29N3O. The van der Waals surface area contributed by atoms with Crippen LogP contribution < -0.4 is 5.56 Å². The number of nitrogens with one attached hydrogen (secondary N) is 1. The van der Waals surface area contributed by atoms with E-state index < -0.39 is 0 Å². The number of hydrogen-bond acceptors (Lipinski definition) is 3. The Kier molecular flexibility index (Phi) is 4.94. The zero-order valence-corrected chi connectivity index (χ0v) is 16.0.